The lowest BCUT2D eigenvalue weighted by atomic mass is 10.1. The zero-order valence-electron chi connectivity index (χ0n) is 16.9. The molecule has 2 heterocycles. The zero-order valence-corrected chi connectivity index (χ0v) is 18.5. The van der Waals surface area contributed by atoms with Gasteiger partial charge >= 0.3 is 0 Å². The van der Waals surface area contributed by atoms with Crippen molar-refractivity contribution in [2.24, 2.45) is 5.92 Å². The number of rotatable bonds is 10. The van der Waals surface area contributed by atoms with Crippen LogP contribution in [-0.2, 0) is 17.8 Å². The summed E-state index contributed by atoms with van der Waals surface area (Å²) < 4.78 is 2.41. The van der Waals surface area contributed by atoms with Crippen LogP contribution in [0.4, 0.5) is 0 Å². The molecule has 29 heavy (non-hydrogen) atoms. The number of carbonyl (C=O) groups excluding carboxylic acids is 1. The van der Waals surface area contributed by atoms with Gasteiger partial charge in [-0.1, -0.05) is 55.9 Å². The number of fused-ring (bicyclic) bond motifs is 1. The quantitative estimate of drug-likeness (QED) is 0.296. The van der Waals surface area contributed by atoms with E-state index >= 15 is 0 Å². The van der Waals surface area contributed by atoms with Gasteiger partial charge in [0.25, 0.3) is 5.56 Å². The van der Waals surface area contributed by atoms with Gasteiger partial charge in [0.1, 0.15) is 4.70 Å². The van der Waals surface area contributed by atoms with E-state index in [1.165, 1.54) is 28.7 Å². The maximum absolute atomic E-state index is 12.8. The lowest BCUT2D eigenvalue weighted by Crippen LogP contribution is -2.28. The molecule has 7 heteroatoms. The van der Waals surface area contributed by atoms with Crippen LogP contribution in [0.15, 0.2) is 51.7 Å². The highest BCUT2D eigenvalue weighted by atomic mass is 32.2. The number of aromatic nitrogens is 2. The number of amides is 1. The first-order chi connectivity index (χ1) is 14.0. The van der Waals surface area contributed by atoms with Crippen LogP contribution in [0.2, 0.25) is 0 Å². The van der Waals surface area contributed by atoms with Crippen molar-refractivity contribution in [3.05, 3.63) is 57.7 Å². The van der Waals surface area contributed by atoms with Crippen LogP contribution in [0.3, 0.4) is 0 Å². The average Bonchev–Trinajstić information content (AvgIpc) is 3.18. The Labute approximate surface area is 179 Å². The molecule has 0 aliphatic heterocycles. The van der Waals surface area contributed by atoms with Crippen LogP contribution in [-0.4, -0.2) is 27.8 Å². The van der Waals surface area contributed by atoms with Crippen LogP contribution in [0.5, 0.6) is 0 Å². The Balaban J connectivity index is 1.56. The van der Waals surface area contributed by atoms with Crippen LogP contribution < -0.4 is 10.9 Å². The Bertz CT molecular complexity index is 996. The molecule has 0 aliphatic carbocycles. The molecule has 0 atom stereocenters. The van der Waals surface area contributed by atoms with E-state index in [9.17, 15) is 9.59 Å². The van der Waals surface area contributed by atoms with Gasteiger partial charge in [-0.2, -0.15) is 0 Å². The molecule has 1 aromatic carbocycles. The molecule has 3 aromatic rings. The standard InChI is InChI=1S/C22H27N3O2S2/c1-16(2)10-13-25-21(27)20-18(11-14-28-20)24-22(25)29-15-19(26)23-12-6-9-17-7-4-3-5-8-17/h3-5,7-8,11,14,16H,6,9-10,12-13,15H2,1-2H3,(H,23,26). The second kappa shape index (κ2) is 10.6. The van der Waals surface area contributed by atoms with Gasteiger partial charge in [0.2, 0.25) is 5.91 Å². The highest BCUT2D eigenvalue weighted by molar-refractivity contribution is 7.99. The normalized spacial score (nSPS) is 11.3. The molecule has 0 saturated carbocycles. The monoisotopic (exact) mass is 429 g/mol. The maximum atomic E-state index is 12.8. The zero-order chi connectivity index (χ0) is 20.6. The first-order valence-electron chi connectivity index (χ1n) is 9.96. The van der Waals surface area contributed by atoms with Crippen molar-refractivity contribution in [3.63, 3.8) is 0 Å². The number of thiophene rings is 1. The Morgan fingerprint density at radius 3 is 2.79 bits per heavy atom. The smallest absolute Gasteiger partial charge is 0.272 e. The van der Waals surface area contributed by atoms with Gasteiger partial charge in [0.15, 0.2) is 5.16 Å². The van der Waals surface area contributed by atoms with Gasteiger partial charge in [0, 0.05) is 13.1 Å². The van der Waals surface area contributed by atoms with Crippen LogP contribution in [0.1, 0.15) is 32.3 Å². The van der Waals surface area contributed by atoms with E-state index in [4.69, 9.17) is 0 Å². The van der Waals surface area contributed by atoms with Crippen LogP contribution >= 0.6 is 23.1 Å². The minimum absolute atomic E-state index is 0.00332. The number of aryl methyl sites for hydroxylation is 1. The second-order valence-corrected chi connectivity index (χ2v) is 9.26. The molecule has 0 fully saturated rings. The van der Waals surface area contributed by atoms with Crippen LogP contribution in [0, 0.1) is 5.92 Å². The molecule has 0 spiro atoms. The third kappa shape index (κ3) is 6.18. The summed E-state index contributed by atoms with van der Waals surface area (Å²) >= 11 is 2.76. The lowest BCUT2D eigenvalue weighted by Gasteiger charge is -2.13. The topological polar surface area (TPSA) is 64.0 Å². The summed E-state index contributed by atoms with van der Waals surface area (Å²) in [5.41, 5.74) is 1.99. The van der Waals surface area contributed by atoms with Crippen molar-refractivity contribution in [2.45, 2.75) is 44.8 Å². The molecule has 0 aliphatic rings. The molecular weight excluding hydrogens is 402 g/mol. The number of thioether (sulfide) groups is 1. The summed E-state index contributed by atoms with van der Waals surface area (Å²) in [6.45, 7) is 5.54. The van der Waals surface area contributed by atoms with E-state index in [0.29, 0.717) is 34.4 Å². The Morgan fingerprint density at radius 2 is 2.03 bits per heavy atom. The summed E-state index contributed by atoms with van der Waals surface area (Å²) in [7, 11) is 0. The van der Waals surface area contributed by atoms with Crippen molar-refractivity contribution in [1.29, 1.82) is 0 Å². The Morgan fingerprint density at radius 1 is 1.24 bits per heavy atom. The molecule has 3 rings (SSSR count). The number of benzene rings is 1. The molecule has 5 nitrogen and oxygen atoms in total. The highest BCUT2D eigenvalue weighted by Gasteiger charge is 2.14. The summed E-state index contributed by atoms with van der Waals surface area (Å²) in [6, 6.07) is 12.1. The number of carbonyl (C=O) groups is 1. The van der Waals surface area contributed by atoms with Gasteiger partial charge in [0.05, 0.1) is 11.3 Å². The van der Waals surface area contributed by atoms with Gasteiger partial charge in [-0.3, -0.25) is 14.2 Å². The molecule has 2 aromatic heterocycles. The molecule has 0 bridgehead atoms. The predicted octanol–water partition coefficient (Wildman–Crippen LogP) is 4.35. The summed E-state index contributed by atoms with van der Waals surface area (Å²) in [4.78, 5) is 29.7. The van der Waals surface area contributed by atoms with Crippen molar-refractivity contribution in [1.82, 2.24) is 14.9 Å². The van der Waals surface area contributed by atoms with E-state index < -0.39 is 0 Å². The summed E-state index contributed by atoms with van der Waals surface area (Å²) in [5.74, 6) is 0.722. The number of nitrogens with zero attached hydrogens (tertiary/aromatic N) is 2. The fraction of sp³-hybridized carbons (Fsp3) is 0.409. The number of hydrogen-bond donors (Lipinski definition) is 1. The SMILES string of the molecule is CC(C)CCn1c(SCC(=O)NCCCc2ccccc2)nc2ccsc2c1=O. The third-order valence-electron chi connectivity index (χ3n) is 4.60. The van der Waals surface area contributed by atoms with E-state index in [1.54, 1.807) is 4.57 Å². The average molecular weight is 430 g/mol. The largest absolute Gasteiger partial charge is 0.355 e. The second-order valence-electron chi connectivity index (χ2n) is 7.40. The van der Waals surface area contributed by atoms with E-state index in [-0.39, 0.29) is 17.2 Å². The first kappa shape index (κ1) is 21.6. The first-order valence-corrected chi connectivity index (χ1v) is 11.8. The highest BCUT2D eigenvalue weighted by Crippen LogP contribution is 2.21. The third-order valence-corrected chi connectivity index (χ3v) is 6.47. The summed E-state index contributed by atoms with van der Waals surface area (Å²) in [5, 5.41) is 5.48. The van der Waals surface area contributed by atoms with Crippen molar-refractivity contribution in [3.8, 4) is 0 Å². The van der Waals surface area contributed by atoms with Crippen molar-refractivity contribution < 1.29 is 4.79 Å². The predicted molar refractivity (Wildman–Crippen MR) is 122 cm³/mol. The Kier molecular flexibility index (Phi) is 7.89. The number of nitrogens with one attached hydrogen (secondary N) is 1. The molecule has 154 valence electrons. The van der Waals surface area contributed by atoms with Gasteiger partial charge in [-0.25, -0.2) is 4.98 Å². The van der Waals surface area contributed by atoms with E-state index in [2.05, 4.69) is 36.3 Å². The van der Waals surface area contributed by atoms with Gasteiger partial charge < -0.3 is 5.32 Å². The number of hydrogen-bond acceptors (Lipinski definition) is 5. The lowest BCUT2D eigenvalue weighted by molar-refractivity contribution is -0.118. The summed E-state index contributed by atoms with van der Waals surface area (Å²) in [6.07, 6.45) is 2.75. The molecule has 0 unspecified atom stereocenters. The molecule has 0 radical (unpaired) electrons. The van der Waals surface area contributed by atoms with Gasteiger partial charge in [-0.05, 0) is 42.2 Å². The minimum Gasteiger partial charge on any atom is -0.355 e. The molecule has 0 saturated heterocycles. The molecule has 1 amide bonds. The van der Waals surface area contributed by atoms with Crippen molar-refractivity contribution >= 4 is 39.2 Å². The molecule has 1 N–H and O–H groups in total. The minimum atomic E-state index is -0.0295. The van der Waals surface area contributed by atoms with Gasteiger partial charge in [-0.15, -0.1) is 11.3 Å². The maximum Gasteiger partial charge on any atom is 0.272 e. The van der Waals surface area contributed by atoms with E-state index in [0.717, 1.165) is 19.3 Å². The van der Waals surface area contributed by atoms with Crippen molar-refractivity contribution in [2.75, 3.05) is 12.3 Å². The van der Waals surface area contributed by atoms with E-state index in [1.807, 2.05) is 29.6 Å². The van der Waals surface area contributed by atoms with Crippen LogP contribution in [0.25, 0.3) is 10.2 Å². The molecular formula is C22H27N3O2S2. The fourth-order valence-corrected chi connectivity index (χ4v) is 4.60. The Hall–Kier alpha value is -2.12. The fourth-order valence-electron chi connectivity index (χ4n) is 2.96.